The maximum atomic E-state index is 13.3. The normalized spacial score (nSPS) is 22.0. The molecule has 1 aliphatic heterocycles. The van der Waals surface area contributed by atoms with Gasteiger partial charge < -0.3 is 10.6 Å². The van der Waals surface area contributed by atoms with Crippen molar-refractivity contribution in [1.29, 1.82) is 0 Å². The van der Waals surface area contributed by atoms with Gasteiger partial charge in [-0.1, -0.05) is 35.9 Å². The van der Waals surface area contributed by atoms with Crippen molar-refractivity contribution in [2.45, 2.75) is 43.6 Å². The van der Waals surface area contributed by atoms with Gasteiger partial charge in [0.15, 0.2) is 10.8 Å². The Bertz CT molecular complexity index is 1520. The first-order chi connectivity index (χ1) is 17.0. The highest BCUT2D eigenvalue weighted by atomic mass is 35.5. The number of H-pyrrole nitrogens is 2. The lowest BCUT2D eigenvalue weighted by Crippen LogP contribution is -2.45. The Morgan fingerprint density at radius 2 is 1.94 bits per heavy atom. The number of nitrogens with one attached hydrogen (secondary N) is 2. The second-order valence-electron chi connectivity index (χ2n) is 10.2. The van der Waals surface area contributed by atoms with Crippen molar-refractivity contribution in [2.24, 2.45) is 11.1 Å². The molecule has 4 N–H and O–H groups in total. The Balaban J connectivity index is 1.17. The summed E-state index contributed by atoms with van der Waals surface area (Å²) < 4.78 is 0. The maximum Gasteiger partial charge on any atom is 0.263 e. The van der Waals surface area contributed by atoms with Crippen LogP contribution in [0.5, 0.6) is 0 Å². The number of nitrogens with zero attached hydrogens (tertiary/aromatic N) is 5. The number of anilines is 1. The molecular weight excluding hydrogens is 464 g/mol. The van der Waals surface area contributed by atoms with Crippen molar-refractivity contribution in [3.63, 3.8) is 0 Å². The van der Waals surface area contributed by atoms with E-state index in [0.717, 1.165) is 56.5 Å². The smallest absolute Gasteiger partial charge is 0.263 e. The summed E-state index contributed by atoms with van der Waals surface area (Å²) in [5, 5.41) is 16.2. The van der Waals surface area contributed by atoms with Gasteiger partial charge in [0.25, 0.3) is 5.56 Å². The summed E-state index contributed by atoms with van der Waals surface area (Å²) in [7, 11) is 0. The molecule has 4 heterocycles. The minimum atomic E-state index is -0.352. The number of nitrogens with two attached hydrogens (primary N) is 1. The molecule has 3 aromatic heterocycles. The van der Waals surface area contributed by atoms with E-state index < -0.39 is 0 Å². The van der Waals surface area contributed by atoms with E-state index in [1.807, 2.05) is 0 Å². The molecule has 0 amide bonds. The number of rotatable bonds is 3. The molecule has 0 bridgehead atoms. The number of hydrogen-bond donors (Lipinski definition) is 3. The van der Waals surface area contributed by atoms with E-state index in [0.29, 0.717) is 22.1 Å². The molecule has 2 fully saturated rings. The monoisotopic (exact) mass is 488 g/mol. The van der Waals surface area contributed by atoms with Crippen LogP contribution in [0.4, 0.5) is 5.95 Å². The molecule has 178 valence electrons. The predicted molar refractivity (Wildman–Crippen MR) is 133 cm³/mol. The average molecular weight is 489 g/mol. The molecule has 7 rings (SSSR count). The number of fused-ring (bicyclic) bond motifs is 2. The second-order valence-corrected chi connectivity index (χ2v) is 10.6. The van der Waals surface area contributed by atoms with Crippen LogP contribution >= 0.6 is 11.6 Å². The van der Waals surface area contributed by atoms with E-state index in [4.69, 9.17) is 22.3 Å². The molecule has 1 saturated heterocycles. The molecule has 1 aromatic carbocycles. The fraction of sp³-hybridized carbons (Fsp3) is 0.400. The van der Waals surface area contributed by atoms with Gasteiger partial charge in [0.05, 0.1) is 11.9 Å². The van der Waals surface area contributed by atoms with Crippen LogP contribution in [0.25, 0.3) is 11.0 Å². The minimum Gasteiger partial charge on any atom is -0.342 e. The van der Waals surface area contributed by atoms with Crippen LogP contribution in [0.1, 0.15) is 54.1 Å². The summed E-state index contributed by atoms with van der Waals surface area (Å²) in [5.74, 6) is 0.568. The highest BCUT2D eigenvalue weighted by Gasteiger charge is 2.50. The SMILES string of the molecule is N[C@@H]1c2ccccc2CC12CCN(c1nc3n[nH]c(C4(c5cnnc(Cl)c5)CC4)c3c(=O)[nH]1)CC2. The van der Waals surface area contributed by atoms with E-state index in [9.17, 15) is 4.79 Å². The Labute approximate surface area is 206 Å². The van der Waals surface area contributed by atoms with Crippen molar-refractivity contribution < 1.29 is 0 Å². The quantitative estimate of drug-likeness (QED) is 0.404. The highest BCUT2D eigenvalue weighted by Crippen LogP contribution is 2.54. The largest absolute Gasteiger partial charge is 0.342 e. The van der Waals surface area contributed by atoms with Crippen LogP contribution in [0.3, 0.4) is 0 Å². The lowest BCUT2D eigenvalue weighted by Gasteiger charge is -2.42. The van der Waals surface area contributed by atoms with Gasteiger partial charge in [0, 0.05) is 24.5 Å². The molecule has 0 radical (unpaired) electrons. The van der Waals surface area contributed by atoms with Crippen LogP contribution in [-0.2, 0) is 11.8 Å². The Hall–Kier alpha value is -3.30. The van der Waals surface area contributed by atoms with E-state index in [1.54, 1.807) is 12.3 Å². The average Bonchev–Trinajstić information content (AvgIpc) is 3.48. The van der Waals surface area contributed by atoms with Gasteiger partial charge in [-0.25, -0.2) is 0 Å². The topological polar surface area (TPSA) is 129 Å². The first-order valence-corrected chi connectivity index (χ1v) is 12.4. The van der Waals surface area contributed by atoms with Crippen LogP contribution in [0.15, 0.2) is 41.3 Å². The van der Waals surface area contributed by atoms with Crippen LogP contribution in [-0.4, -0.2) is 43.5 Å². The molecule has 2 aliphatic carbocycles. The first-order valence-electron chi connectivity index (χ1n) is 12.1. The maximum absolute atomic E-state index is 13.3. The van der Waals surface area contributed by atoms with E-state index in [1.165, 1.54) is 11.1 Å². The van der Waals surface area contributed by atoms with Gasteiger partial charge in [-0.05, 0) is 60.3 Å². The first kappa shape index (κ1) is 21.0. The Kier molecular flexibility index (Phi) is 4.41. The zero-order valence-electron chi connectivity index (χ0n) is 19.1. The third-order valence-corrected chi connectivity index (χ3v) is 8.65. The molecular formula is C25H25ClN8O. The minimum absolute atomic E-state index is 0.0511. The summed E-state index contributed by atoms with van der Waals surface area (Å²) in [5.41, 5.74) is 11.0. The fourth-order valence-corrected chi connectivity index (χ4v) is 6.46. The predicted octanol–water partition coefficient (Wildman–Crippen LogP) is 3.01. The van der Waals surface area contributed by atoms with E-state index in [2.05, 4.69) is 54.5 Å². The second kappa shape index (κ2) is 7.35. The zero-order chi connectivity index (χ0) is 23.8. The van der Waals surface area contributed by atoms with Gasteiger partial charge in [-0.2, -0.15) is 15.2 Å². The molecule has 9 nitrogen and oxygen atoms in total. The van der Waals surface area contributed by atoms with Crippen LogP contribution < -0.4 is 16.2 Å². The standard InChI is InChI=1S/C25H25ClN8O/c26-17-11-15(13-28-31-17)25(5-6-25)20-18-21(33-32-20)29-23(30-22(18)35)34-9-7-24(8-10-34)12-14-3-1-2-4-16(14)19(24)27/h1-4,11,13,19H,5-10,12,27H2,(H2,29,30,32,33,35)/t19-/m1/s1. The third kappa shape index (κ3) is 3.07. The van der Waals surface area contributed by atoms with Crippen LogP contribution in [0.2, 0.25) is 5.15 Å². The van der Waals surface area contributed by atoms with Crippen molar-refractivity contribution >= 4 is 28.6 Å². The molecule has 0 unspecified atom stereocenters. The molecule has 35 heavy (non-hydrogen) atoms. The summed E-state index contributed by atoms with van der Waals surface area (Å²) in [6.45, 7) is 1.58. The summed E-state index contributed by atoms with van der Waals surface area (Å²) in [6, 6.07) is 10.4. The van der Waals surface area contributed by atoms with Crippen molar-refractivity contribution in [3.05, 3.63) is 74.4 Å². The number of hydrogen-bond acceptors (Lipinski definition) is 7. The van der Waals surface area contributed by atoms with Gasteiger partial charge in [0.1, 0.15) is 5.39 Å². The Morgan fingerprint density at radius 3 is 2.69 bits per heavy atom. The van der Waals surface area contributed by atoms with Crippen molar-refractivity contribution in [1.82, 2.24) is 30.4 Å². The lowest BCUT2D eigenvalue weighted by molar-refractivity contribution is 0.187. The van der Waals surface area contributed by atoms with E-state index >= 15 is 0 Å². The van der Waals surface area contributed by atoms with Crippen molar-refractivity contribution in [3.8, 4) is 0 Å². The number of aromatic nitrogens is 6. The van der Waals surface area contributed by atoms with Gasteiger partial charge in [-0.15, -0.1) is 5.10 Å². The molecule has 1 spiro atoms. The number of halogens is 1. The van der Waals surface area contributed by atoms with Gasteiger partial charge in [-0.3, -0.25) is 14.9 Å². The van der Waals surface area contributed by atoms with Gasteiger partial charge in [0.2, 0.25) is 5.95 Å². The van der Waals surface area contributed by atoms with Crippen molar-refractivity contribution in [2.75, 3.05) is 18.0 Å². The molecule has 1 atom stereocenters. The molecule has 10 heteroatoms. The number of piperidine rings is 1. The van der Waals surface area contributed by atoms with Gasteiger partial charge >= 0.3 is 0 Å². The molecule has 3 aliphatic rings. The highest BCUT2D eigenvalue weighted by molar-refractivity contribution is 6.29. The van der Waals surface area contributed by atoms with E-state index in [-0.39, 0.29) is 22.4 Å². The lowest BCUT2D eigenvalue weighted by atomic mass is 9.73. The molecule has 4 aromatic rings. The Morgan fingerprint density at radius 1 is 1.14 bits per heavy atom. The number of aromatic amines is 2. The fourth-order valence-electron chi connectivity index (χ4n) is 6.30. The zero-order valence-corrected chi connectivity index (χ0v) is 19.8. The summed E-state index contributed by atoms with van der Waals surface area (Å²) in [4.78, 5) is 23.2. The number of benzene rings is 1. The summed E-state index contributed by atoms with van der Waals surface area (Å²) >= 11 is 6.08. The third-order valence-electron chi connectivity index (χ3n) is 8.47. The molecule has 1 saturated carbocycles. The van der Waals surface area contributed by atoms with Crippen LogP contribution in [0, 0.1) is 5.41 Å². The summed E-state index contributed by atoms with van der Waals surface area (Å²) in [6.07, 6.45) is 6.39.